The molecular weight excluding hydrogens is 166 g/mol. The van der Waals surface area contributed by atoms with E-state index in [0.717, 1.165) is 5.56 Å². The van der Waals surface area contributed by atoms with Gasteiger partial charge in [0.2, 0.25) is 0 Å². The van der Waals surface area contributed by atoms with Gasteiger partial charge in [-0.2, -0.15) is 5.48 Å². The summed E-state index contributed by atoms with van der Waals surface area (Å²) in [4.78, 5) is 4.69. The molecule has 1 unspecified atom stereocenters. The first-order chi connectivity index (χ1) is 6.17. The molecule has 0 saturated heterocycles. The second-order valence-electron chi connectivity index (χ2n) is 3.17. The zero-order valence-corrected chi connectivity index (χ0v) is 7.95. The monoisotopic (exact) mass is 181 g/mol. The van der Waals surface area contributed by atoms with Crippen molar-refractivity contribution in [1.82, 2.24) is 5.48 Å². The number of benzene rings is 1. The minimum atomic E-state index is -0.892. The summed E-state index contributed by atoms with van der Waals surface area (Å²) in [5, 5.41) is 9.97. The molecule has 0 aliphatic carbocycles. The third-order valence-corrected chi connectivity index (χ3v) is 1.96. The molecule has 0 aliphatic heterocycles. The Morgan fingerprint density at radius 2 is 2.00 bits per heavy atom. The first-order valence-corrected chi connectivity index (χ1v) is 4.20. The van der Waals surface area contributed by atoms with E-state index in [9.17, 15) is 5.11 Å². The van der Waals surface area contributed by atoms with Crippen molar-refractivity contribution in [2.24, 2.45) is 0 Å². The quantitative estimate of drug-likeness (QED) is 0.682. The third kappa shape index (κ3) is 2.81. The van der Waals surface area contributed by atoms with Gasteiger partial charge >= 0.3 is 0 Å². The normalized spacial score (nSPS) is 15.3. The maximum absolute atomic E-state index is 9.97. The largest absolute Gasteiger partial charge is 0.384 e. The van der Waals surface area contributed by atoms with Gasteiger partial charge in [0.25, 0.3) is 0 Å². The molecule has 1 rings (SSSR count). The molecule has 72 valence electrons. The highest BCUT2D eigenvalue weighted by atomic mass is 16.6. The van der Waals surface area contributed by atoms with E-state index in [4.69, 9.17) is 0 Å². The molecular formula is C10H15NO2. The van der Waals surface area contributed by atoms with Crippen LogP contribution in [-0.4, -0.2) is 18.8 Å². The van der Waals surface area contributed by atoms with Crippen LogP contribution in [0.2, 0.25) is 0 Å². The zero-order chi connectivity index (χ0) is 9.73. The molecule has 0 heterocycles. The van der Waals surface area contributed by atoms with Gasteiger partial charge in [-0.05, 0) is 12.5 Å². The van der Waals surface area contributed by atoms with Crippen LogP contribution in [0.15, 0.2) is 30.3 Å². The lowest BCUT2D eigenvalue weighted by Gasteiger charge is -2.23. The van der Waals surface area contributed by atoms with E-state index in [0.29, 0.717) is 6.54 Å². The van der Waals surface area contributed by atoms with Gasteiger partial charge < -0.3 is 9.94 Å². The van der Waals surface area contributed by atoms with Gasteiger partial charge in [-0.1, -0.05) is 30.3 Å². The highest BCUT2D eigenvalue weighted by Crippen LogP contribution is 2.18. The summed E-state index contributed by atoms with van der Waals surface area (Å²) >= 11 is 0. The standard InChI is InChI=1S/C10H15NO2/c1-10(12,8-11-13-2)9-6-4-3-5-7-9/h3-7,11-12H,8H2,1-2H3. The second-order valence-corrected chi connectivity index (χ2v) is 3.17. The van der Waals surface area contributed by atoms with Crippen molar-refractivity contribution in [2.45, 2.75) is 12.5 Å². The predicted molar refractivity (Wildman–Crippen MR) is 51.0 cm³/mol. The lowest BCUT2D eigenvalue weighted by Crippen LogP contribution is -2.34. The fourth-order valence-corrected chi connectivity index (χ4v) is 1.11. The van der Waals surface area contributed by atoms with Crippen LogP contribution in [0.5, 0.6) is 0 Å². The van der Waals surface area contributed by atoms with E-state index < -0.39 is 5.60 Å². The van der Waals surface area contributed by atoms with Crippen molar-refractivity contribution < 1.29 is 9.94 Å². The molecule has 0 radical (unpaired) electrons. The Morgan fingerprint density at radius 1 is 1.38 bits per heavy atom. The Kier molecular flexibility index (Phi) is 3.42. The summed E-state index contributed by atoms with van der Waals surface area (Å²) in [7, 11) is 1.53. The fourth-order valence-electron chi connectivity index (χ4n) is 1.11. The number of rotatable bonds is 4. The summed E-state index contributed by atoms with van der Waals surface area (Å²) in [6, 6.07) is 9.49. The number of hydroxylamine groups is 1. The molecule has 0 aliphatic rings. The zero-order valence-electron chi connectivity index (χ0n) is 7.95. The fraction of sp³-hybridized carbons (Fsp3) is 0.400. The van der Waals surface area contributed by atoms with Crippen LogP contribution in [0.1, 0.15) is 12.5 Å². The van der Waals surface area contributed by atoms with E-state index >= 15 is 0 Å². The molecule has 1 aromatic carbocycles. The molecule has 13 heavy (non-hydrogen) atoms. The minimum absolute atomic E-state index is 0.369. The van der Waals surface area contributed by atoms with E-state index in [1.165, 1.54) is 7.11 Å². The highest BCUT2D eigenvalue weighted by Gasteiger charge is 2.21. The van der Waals surface area contributed by atoms with Crippen LogP contribution in [0, 0.1) is 0 Å². The molecule has 0 fully saturated rings. The van der Waals surface area contributed by atoms with Crippen LogP contribution in [-0.2, 0) is 10.4 Å². The van der Waals surface area contributed by atoms with E-state index in [1.807, 2.05) is 30.3 Å². The van der Waals surface area contributed by atoms with Crippen molar-refractivity contribution in [3.8, 4) is 0 Å². The maximum atomic E-state index is 9.97. The maximum Gasteiger partial charge on any atom is 0.102 e. The molecule has 3 heteroatoms. The number of nitrogens with one attached hydrogen (secondary N) is 1. The molecule has 0 amide bonds. The second kappa shape index (κ2) is 4.37. The van der Waals surface area contributed by atoms with Crippen molar-refractivity contribution in [3.63, 3.8) is 0 Å². The van der Waals surface area contributed by atoms with Gasteiger partial charge in [0, 0.05) is 0 Å². The summed E-state index contributed by atoms with van der Waals surface area (Å²) in [6.07, 6.45) is 0. The van der Waals surface area contributed by atoms with Crippen molar-refractivity contribution >= 4 is 0 Å². The lowest BCUT2D eigenvalue weighted by molar-refractivity contribution is -0.00564. The van der Waals surface area contributed by atoms with Crippen molar-refractivity contribution in [1.29, 1.82) is 0 Å². The SMILES string of the molecule is CONCC(C)(O)c1ccccc1. The number of hydrogen-bond donors (Lipinski definition) is 2. The molecule has 2 N–H and O–H groups in total. The Labute approximate surface area is 78.3 Å². The molecule has 0 saturated carbocycles. The van der Waals surface area contributed by atoms with Crippen LogP contribution in [0.25, 0.3) is 0 Å². The van der Waals surface area contributed by atoms with Gasteiger partial charge in [-0.3, -0.25) is 0 Å². The number of hydrogen-bond acceptors (Lipinski definition) is 3. The minimum Gasteiger partial charge on any atom is -0.384 e. The van der Waals surface area contributed by atoms with Gasteiger partial charge in [-0.25, -0.2) is 0 Å². The Hall–Kier alpha value is -0.900. The van der Waals surface area contributed by atoms with Crippen LogP contribution in [0.4, 0.5) is 0 Å². The average molecular weight is 181 g/mol. The van der Waals surface area contributed by atoms with Gasteiger partial charge in [0.1, 0.15) is 5.60 Å². The van der Waals surface area contributed by atoms with Crippen LogP contribution < -0.4 is 5.48 Å². The number of aliphatic hydroxyl groups is 1. The topological polar surface area (TPSA) is 41.5 Å². The Bertz CT molecular complexity index is 246. The van der Waals surface area contributed by atoms with Crippen molar-refractivity contribution in [2.75, 3.05) is 13.7 Å². The molecule has 1 aromatic rings. The molecule has 0 aromatic heterocycles. The molecule has 1 atom stereocenters. The molecule has 0 bridgehead atoms. The van der Waals surface area contributed by atoms with Gasteiger partial charge in [0.05, 0.1) is 13.7 Å². The predicted octanol–water partition coefficient (Wildman–Crippen LogP) is 1.05. The highest BCUT2D eigenvalue weighted by molar-refractivity contribution is 5.21. The van der Waals surface area contributed by atoms with E-state index in [2.05, 4.69) is 10.3 Å². The summed E-state index contributed by atoms with van der Waals surface area (Å²) in [5.41, 5.74) is 2.62. The summed E-state index contributed by atoms with van der Waals surface area (Å²) in [6.45, 7) is 2.11. The first-order valence-electron chi connectivity index (χ1n) is 4.20. The molecule has 0 spiro atoms. The van der Waals surface area contributed by atoms with E-state index in [1.54, 1.807) is 6.92 Å². The van der Waals surface area contributed by atoms with Crippen LogP contribution in [0.3, 0.4) is 0 Å². The van der Waals surface area contributed by atoms with E-state index in [-0.39, 0.29) is 0 Å². The van der Waals surface area contributed by atoms with Gasteiger partial charge in [0.15, 0.2) is 0 Å². The van der Waals surface area contributed by atoms with Crippen molar-refractivity contribution in [3.05, 3.63) is 35.9 Å². The Balaban J connectivity index is 2.69. The van der Waals surface area contributed by atoms with Gasteiger partial charge in [-0.15, -0.1) is 0 Å². The first kappa shape index (κ1) is 10.2. The van der Waals surface area contributed by atoms with Crippen LogP contribution >= 0.6 is 0 Å². The summed E-state index contributed by atoms with van der Waals surface area (Å²) in [5.74, 6) is 0. The Morgan fingerprint density at radius 3 is 2.54 bits per heavy atom. The molecule has 3 nitrogen and oxygen atoms in total. The summed E-state index contributed by atoms with van der Waals surface area (Å²) < 4.78 is 0. The average Bonchev–Trinajstić information content (AvgIpc) is 2.16. The third-order valence-electron chi connectivity index (χ3n) is 1.96. The smallest absolute Gasteiger partial charge is 0.102 e. The lowest BCUT2D eigenvalue weighted by atomic mass is 9.96.